The summed E-state index contributed by atoms with van der Waals surface area (Å²) in [5.74, 6) is 0. The lowest BCUT2D eigenvalue weighted by Crippen LogP contribution is -2.33. The third-order valence-electron chi connectivity index (χ3n) is 2.69. The number of aliphatic hydroxyl groups excluding tert-OH is 1. The highest BCUT2D eigenvalue weighted by Gasteiger charge is 2.16. The van der Waals surface area contributed by atoms with Gasteiger partial charge in [0.15, 0.2) is 0 Å². The summed E-state index contributed by atoms with van der Waals surface area (Å²) in [7, 11) is 0. The first-order valence-electron chi connectivity index (χ1n) is 4.75. The predicted octanol–water partition coefficient (Wildman–Crippen LogP) is 1.21. The summed E-state index contributed by atoms with van der Waals surface area (Å²) in [4.78, 5) is 0. The maximum Gasteiger partial charge on any atom is 0.0684 e. The Morgan fingerprint density at radius 2 is 2.38 bits per heavy atom. The lowest BCUT2D eigenvalue weighted by Gasteiger charge is -2.24. The second-order valence-corrected chi connectivity index (χ2v) is 3.70. The van der Waals surface area contributed by atoms with E-state index in [-0.39, 0.29) is 6.61 Å². The molecule has 2 N–H and O–H groups in total. The molecule has 0 bridgehead atoms. The first-order chi connectivity index (χ1) is 6.31. The molecule has 0 radical (unpaired) electrons. The van der Waals surface area contributed by atoms with Gasteiger partial charge in [0.05, 0.1) is 6.61 Å². The lowest BCUT2D eigenvalue weighted by atomic mass is 9.92. The maximum absolute atomic E-state index is 9.16. The van der Waals surface area contributed by atoms with Gasteiger partial charge < -0.3 is 10.4 Å². The number of aliphatic hydroxyl groups is 1. The zero-order valence-corrected chi connectivity index (χ0v) is 7.88. The van der Waals surface area contributed by atoms with E-state index in [1.807, 2.05) is 12.1 Å². The Morgan fingerprint density at radius 3 is 3.15 bits per heavy atom. The molecular weight excluding hydrogens is 162 g/mol. The van der Waals surface area contributed by atoms with Crippen LogP contribution >= 0.6 is 0 Å². The summed E-state index contributed by atoms with van der Waals surface area (Å²) in [5, 5.41) is 12.6. The third kappa shape index (κ3) is 1.60. The van der Waals surface area contributed by atoms with Gasteiger partial charge in [0, 0.05) is 12.6 Å². The molecule has 1 heterocycles. The lowest BCUT2D eigenvalue weighted by molar-refractivity contribution is 0.279. The van der Waals surface area contributed by atoms with Gasteiger partial charge in [-0.25, -0.2) is 0 Å². The number of nitrogens with one attached hydrogen (secondary N) is 1. The van der Waals surface area contributed by atoms with E-state index in [4.69, 9.17) is 5.11 Å². The number of rotatable bonds is 1. The fourth-order valence-electron chi connectivity index (χ4n) is 1.93. The van der Waals surface area contributed by atoms with E-state index in [1.54, 1.807) is 0 Å². The molecule has 1 aromatic carbocycles. The van der Waals surface area contributed by atoms with Crippen molar-refractivity contribution in [2.24, 2.45) is 0 Å². The fourth-order valence-corrected chi connectivity index (χ4v) is 1.93. The van der Waals surface area contributed by atoms with Gasteiger partial charge in [0.1, 0.15) is 0 Å². The Bertz CT molecular complexity index is 295. The summed E-state index contributed by atoms with van der Waals surface area (Å²) >= 11 is 0. The molecule has 1 aromatic rings. The van der Waals surface area contributed by atoms with Crippen LogP contribution in [0.25, 0.3) is 0 Å². The van der Waals surface area contributed by atoms with Crippen molar-refractivity contribution < 1.29 is 5.11 Å². The van der Waals surface area contributed by atoms with E-state index < -0.39 is 0 Å². The zero-order chi connectivity index (χ0) is 9.26. The van der Waals surface area contributed by atoms with Gasteiger partial charge in [-0.1, -0.05) is 18.2 Å². The summed E-state index contributed by atoms with van der Waals surface area (Å²) in [6, 6.07) is 6.69. The molecule has 0 unspecified atom stereocenters. The van der Waals surface area contributed by atoms with Crippen molar-refractivity contribution in [2.75, 3.05) is 0 Å². The highest BCUT2D eigenvalue weighted by Crippen LogP contribution is 2.20. The Kier molecular flexibility index (Phi) is 2.34. The molecule has 0 fully saturated rings. The second kappa shape index (κ2) is 3.48. The molecule has 1 aliphatic heterocycles. The predicted molar refractivity (Wildman–Crippen MR) is 52.4 cm³/mol. The third-order valence-corrected chi connectivity index (χ3v) is 2.69. The smallest absolute Gasteiger partial charge is 0.0684 e. The van der Waals surface area contributed by atoms with Gasteiger partial charge >= 0.3 is 0 Å². The highest BCUT2D eigenvalue weighted by molar-refractivity contribution is 5.37. The Labute approximate surface area is 78.6 Å². The van der Waals surface area contributed by atoms with E-state index in [9.17, 15) is 0 Å². The molecule has 0 saturated heterocycles. The van der Waals surface area contributed by atoms with Crippen LogP contribution in [0.4, 0.5) is 0 Å². The van der Waals surface area contributed by atoms with Crippen molar-refractivity contribution in [3.63, 3.8) is 0 Å². The molecule has 1 aliphatic rings. The standard InChI is InChI=1S/C11H15NO/c1-8-5-11-9(6-12-8)3-2-4-10(11)7-13/h2-4,8,12-13H,5-7H2,1H3/t8-/m1/s1. The van der Waals surface area contributed by atoms with Crippen molar-refractivity contribution in [3.8, 4) is 0 Å². The zero-order valence-electron chi connectivity index (χ0n) is 7.88. The van der Waals surface area contributed by atoms with Crippen LogP contribution in [0.15, 0.2) is 18.2 Å². The van der Waals surface area contributed by atoms with Gasteiger partial charge in [-0.05, 0) is 30.0 Å². The topological polar surface area (TPSA) is 32.3 Å². The molecular formula is C11H15NO. The van der Waals surface area contributed by atoms with Gasteiger partial charge in [0.25, 0.3) is 0 Å². The van der Waals surface area contributed by atoms with Crippen LogP contribution in [0.3, 0.4) is 0 Å². The monoisotopic (exact) mass is 177 g/mol. The second-order valence-electron chi connectivity index (χ2n) is 3.70. The number of fused-ring (bicyclic) bond motifs is 1. The van der Waals surface area contributed by atoms with Gasteiger partial charge in [-0.15, -0.1) is 0 Å². The number of hydrogen-bond donors (Lipinski definition) is 2. The molecule has 2 nitrogen and oxygen atoms in total. The van der Waals surface area contributed by atoms with E-state index in [0.717, 1.165) is 18.5 Å². The van der Waals surface area contributed by atoms with Gasteiger partial charge in [0.2, 0.25) is 0 Å². The summed E-state index contributed by atoms with van der Waals surface area (Å²) in [6.45, 7) is 3.28. The SMILES string of the molecule is C[C@@H]1Cc2c(CO)cccc2CN1. The first-order valence-corrected chi connectivity index (χ1v) is 4.75. The molecule has 1 atom stereocenters. The van der Waals surface area contributed by atoms with E-state index in [0.29, 0.717) is 6.04 Å². The molecule has 0 spiro atoms. The van der Waals surface area contributed by atoms with Crippen LogP contribution in [-0.2, 0) is 19.6 Å². The number of benzene rings is 1. The quantitative estimate of drug-likeness (QED) is 0.676. The normalized spacial score (nSPS) is 21.2. The molecule has 70 valence electrons. The van der Waals surface area contributed by atoms with Crippen LogP contribution in [0.5, 0.6) is 0 Å². The van der Waals surface area contributed by atoms with E-state index in [1.165, 1.54) is 11.1 Å². The first kappa shape index (κ1) is 8.73. The molecule has 0 aliphatic carbocycles. The van der Waals surface area contributed by atoms with Crippen LogP contribution < -0.4 is 5.32 Å². The molecule has 0 aromatic heterocycles. The van der Waals surface area contributed by atoms with Gasteiger partial charge in [-0.2, -0.15) is 0 Å². The maximum atomic E-state index is 9.16. The summed E-state index contributed by atoms with van der Waals surface area (Å²) in [6.07, 6.45) is 1.03. The van der Waals surface area contributed by atoms with Crippen LogP contribution in [-0.4, -0.2) is 11.1 Å². The van der Waals surface area contributed by atoms with Gasteiger partial charge in [-0.3, -0.25) is 0 Å². The average Bonchev–Trinajstić information content (AvgIpc) is 2.17. The van der Waals surface area contributed by atoms with Crippen molar-refractivity contribution >= 4 is 0 Å². The Hall–Kier alpha value is -0.860. The minimum absolute atomic E-state index is 0.163. The molecule has 0 saturated carbocycles. The largest absolute Gasteiger partial charge is 0.392 e. The van der Waals surface area contributed by atoms with Crippen LogP contribution in [0.2, 0.25) is 0 Å². The highest BCUT2D eigenvalue weighted by atomic mass is 16.3. The van der Waals surface area contributed by atoms with Crippen molar-refractivity contribution in [1.29, 1.82) is 0 Å². The van der Waals surface area contributed by atoms with Crippen molar-refractivity contribution in [2.45, 2.75) is 32.5 Å². The minimum Gasteiger partial charge on any atom is -0.392 e. The van der Waals surface area contributed by atoms with Crippen molar-refractivity contribution in [3.05, 3.63) is 34.9 Å². The minimum atomic E-state index is 0.163. The molecule has 2 heteroatoms. The van der Waals surface area contributed by atoms with E-state index >= 15 is 0 Å². The molecule has 0 amide bonds. The Morgan fingerprint density at radius 1 is 1.54 bits per heavy atom. The summed E-state index contributed by atoms with van der Waals surface area (Å²) in [5.41, 5.74) is 3.77. The average molecular weight is 177 g/mol. The summed E-state index contributed by atoms with van der Waals surface area (Å²) < 4.78 is 0. The Balaban J connectivity index is 2.41. The fraction of sp³-hybridized carbons (Fsp3) is 0.455. The molecule has 13 heavy (non-hydrogen) atoms. The molecule has 2 rings (SSSR count). The number of hydrogen-bond acceptors (Lipinski definition) is 2. The van der Waals surface area contributed by atoms with Crippen molar-refractivity contribution in [1.82, 2.24) is 5.32 Å². The van der Waals surface area contributed by atoms with E-state index in [2.05, 4.69) is 18.3 Å². The van der Waals surface area contributed by atoms with Crippen LogP contribution in [0.1, 0.15) is 23.6 Å². The van der Waals surface area contributed by atoms with Crippen LogP contribution in [0, 0.1) is 0 Å².